The summed E-state index contributed by atoms with van der Waals surface area (Å²) in [4.78, 5) is 22.0. The van der Waals surface area contributed by atoms with Gasteiger partial charge >= 0.3 is 0 Å². The number of hydrogen-bond acceptors (Lipinski definition) is 6. The van der Waals surface area contributed by atoms with Crippen molar-refractivity contribution in [3.8, 4) is 0 Å². The number of hydrogen-bond donors (Lipinski definition) is 1. The highest BCUT2D eigenvalue weighted by Crippen LogP contribution is 2.24. The number of thioether (sulfide) groups is 1. The SMILES string of the molecule is CSc1ncc2cc(S(=O)(=O)c3ccc(F)c(Cl)c3)c(=O)[nH]c2n1. The Morgan fingerprint density at radius 3 is 2.71 bits per heavy atom. The highest BCUT2D eigenvalue weighted by molar-refractivity contribution is 7.98. The van der Waals surface area contributed by atoms with Crippen LogP contribution in [0.2, 0.25) is 5.02 Å². The number of nitrogens with one attached hydrogen (secondary N) is 1. The predicted octanol–water partition coefficient (Wildman–Crippen LogP) is 2.67. The molecule has 0 saturated carbocycles. The molecule has 0 spiro atoms. The Morgan fingerprint density at radius 1 is 1.29 bits per heavy atom. The number of rotatable bonds is 3. The summed E-state index contributed by atoms with van der Waals surface area (Å²) in [6, 6.07) is 4.12. The van der Waals surface area contributed by atoms with E-state index in [0.29, 0.717) is 10.5 Å². The van der Waals surface area contributed by atoms with E-state index in [1.807, 2.05) is 0 Å². The van der Waals surface area contributed by atoms with Crippen molar-refractivity contribution in [3.05, 3.63) is 51.7 Å². The molecule has 10 heteroatoms. The van der Waals surface area contributed by atoms with Crippen LogP contribution in [0.3, 0.4) is 0 Å². The van der Waals surface area contributed by atoms with Crippen LogP contribution in [0.25, 0.3) is 11.0 Å². The summed E-state index contributed by atoms with van der Waals surface area (Å²) in [5.41, 5.74) is -0.593. The lowest BCUT2D eigenvalue weighted by Gasteiger charge is -2.06. The van der Waals surface area contributed by atoms with E-state index in [-0.39, 0.29) is 15.6 Å². The molecule has 3 aromatic rings. The van der Waals surface area contributed by atoms with Crippen molar-refractivity contribution >= 4 is 44.2 Å². The molecule has 124 valence electrons. The molecular formula is C14H9ClFN3O3S2. The number of aromatic nitrogens is 3. The largest absolute Gasteiger partial charge is 0.305 e. The van der Waals surface area contributed by atoms with Crippen molar-refractivity contribution in [1.29, 1.82) is 0 Å². The number of aromatic amines is 1. The summed E-state index contributed by atoms with van der Waals surface area (Å²) < 4.78 is 38.5. The molecular weight excluding hydrogens is 377 g/mol. The fourth-order valence-electron chi connectivity index (χ4n) is 2.03. The second-order valence-corrected chi connectivity index (χ2v) is 7.80. The zero-order valence-electron chi connectivity index (χ0n) is 12.1. The third-order valence-corrected chi connectivity index (χ3v) is 5.82. The quantitative estimate of drug-likeness (QED) is 0.423. The van der Waals surface area contributed by atoms with Gasteiger partial charge in [0.2, 0.25) is 9.84 Å². The fourth-order valence-corrected chi connectivity index (χ4v) is 3.96. The third kappa shape index (κ3) is 2.90. The Kier molecular flexibility index (Phi) is 4.33. The Morgan fingerprint density at radius 2 is 2.04 bits per heavy atom. The first-order chi connectivity index (χ1) is 11.3. The summed E-state index contributed by atoms with van der Waals surface area (Å²) in [7, 11) is -4.17. The topological polar surface area (TPSA) is 92.8 Å². The van der Waals surface area contributed by atoms with Gasteiger partial charge in [0.25, 0.3) is 5.56 Å². The number of nitrogens with zero attached hydrogens (tertiary/aromatic N) is 2. The minimum absolute atomic E-state index is 0.232. The molecule has 0 atom stereocenters. The van der Waals surface area contributed by atoms with Gasteiger partial charge in [-0.05, 0) is 30.5 Å². The van der Waals surface area contributed by atoms with Gasteiger partial charge in [-0.15, -0.1) is 0 Å². The lowest BCUT2D eigenvalue weighted by Crippen LogP contribution is -2.18. The maximum absolute atomic E-state index is 13.2. The first-order valence-electron chi connectivity index (χ1n) is 6.47. The molecule has 0 saturated heterocycles. The van der Waals surface area contributed by atoms with E-state index in [0.717, 1.165) is 18.2 Å². The van der Waals surface area contributed by atoms with Gasteiger partial charge in [-0.3, -0.25) is 4.79 Å². The summed E-state index contributed by atoms with van der Waals surface area (Å²) in [5.74, 6) is -0.749. The van der Waals surface area contributed by atoms with Gasteiger partial charge in [-0.1, -0.05) is 23.4 Å². The lowest BCUT2D eigenvalue weighted by atomic mass is 10.3. The minimum atomic E-state index is -4.17. The van der Waals surface area contributed by atoms with Gasteiger partial charge in [0.05, 0.1) is 9.92 Å². The lowest BCUT2D eigenvalue weighted by molar-refractivity contribution is 0.593. The van der Waals surface area contributed by atoms with Crippen molar-refractivity contribution in [1.82, 2.24) is 15.0 Å². The van der Waals surface area contributed by atoms with E-state index in [1.54, 1.807) is 6.26 Å². The Hall–Kier alpha value is -1.97. The molecule has 0 amide bonds. The smallest absolute Gasteiger partial charge is 0.268 e. The number of H-pyrrole nitrogens is 1. The zero-order valence-corrected chi connectivity index (χ0v) is 14.5. The molecule has 0 radical (unpaired) electrons. The van der Waals surface area contributed by atoms with Crippen LogP contribution in [0, 0.1) is 5.82 Å². The normalized spacial score (nSPS) is 11.8. The zero-order chi connectivity index (χ0) is 17.5. The van der Waals surface area contributed by atoms with Gasteiger partial charge < -0.3 is 4.98 Å². The number of sulfone groups is 1. The fraction of sp³-hybridized carbons (Fsp3) is 0.0714. The molecule has 2 heterocycles. The van der Waals surface area contributed by atoms with E-state index in [9.17, 15) is 17.6 Å². The van der Waals surface area contributed by atoms with Crippen LogP contribution in [0.5, 0.6) is 0 Å². The number of pyridine rings is 1. The molecule has 1 aromatic carbocycles. The van der Waals surface area contributed by atoms with Gasteiger partial charge in [0.1, 0.15) is 16.4 Å². The monoisotopic (exact) mass is 385 g/mol. The van der Waals surface area contributed by atoms with Gasteiger partial charge in [-0.25, -0.2) is 22.8 Å². The molecule has 2 aromatic heterocycles. The summed E-state index contributed by atoms with van der Waals surface area (Å²) in [6.07, 6.45) is 3.19. The molecule has 0 aliphatic heterocycles. The van der Waals surface area contributed by atoms with Crippen LogP contribution in [-0.2, 0) is 9.84 Å². The second-order valence-electron chi connectivity index (χ2n) is 4.70. The molecule has 0 unspecified atom stereocenters. The third-order valence-electron chi connectivity index (χ3n) is 3.21. The second kappa shape index (κ2) is 6.15. The number of fused-ring (bicyclic) bond motifs is 1. The van der Waals surface area contributed by atoms with Gasteiger partial charge in [0.15, 0.2) is 5.16 Å². The van der Waals surface area contributed by atoms with Crippen LogP contribution in [0.1, 0.15) is 0 Å². The Balaban J connectivity index is 2.22. The minimum Gasteiger partial charge on any atom is -0.305 e. The average molecular weight is 386 g/mol. The van der Waals surface area contributed by atoms with Crippen LogP contribution < -0.4 is 5.56 Å². The Bertz CT molecular complexity index is 1120. The first-order valence-corrected chi connectivity index (χ1v) is 9.55. The van der Waals surface area contributed by atoms with Crippen molar-refractivity contribution in [2.24, 2.45) is 0 Å². The Labute approximate surface area is 145 Å². The molecule has 0 bridgehead atoms. The number of benzene rings is 1. The van der Waals surface area contributed by atoms with E-state index in [4.69, 9.17) is 11.6 Å². The highest BCUT2D eigenvalue weighted by Gasteiger charge is 2.23. The van der Waals surface area contributed by atoms with Crippen LogP contribution in [-0.4, -0.2) is 29.6 Å². The van der Waals surface area contributed by atoms with Gasteiger partial charge in [-0.2, -0.15) is 0 Å². The van der Waals surface area contributed by atoms with Gasteiger partial charge in [0, 0.05) is 11.6 Å². The molecule has 0 aliphatic carbocycles. The van der Waals surface area contributed by atoms with Crippen molar-refractivity contribution < 1.29 is 12.8 Å². The molecule has 6 nitrogen and oxygen atoms in total. The van der Waals surface area contributed by atoms with Crippen molar-refractivity contribution in [2.45, 2.75) is 14.9 Å². The van der Waals surface area contributed by atoms with Crippen molar-refractivity contribution in [2.75, 3.05) is 6.26 Å². The summed E-state index contributed by atoms with van der Waals surface area (Å²) >= 11 is 6.91. The molecule has 0 aliphatic rings. The van der Waals surface area contributed by atoms with E-state index in [1.165, 1.54) is 24.0 Å². The number of halogens is 2. The predicted molar refractivity (Wildman–Crippen MR) is 88.8 cm³/mol. The van der Waals surface area contributed by atoms with E-state index in [2.05, 4.69) is 15.0 Å². The molecule has 24 heavy (non-hydrogen) atoms. The van der Waals surface area contributed by atoms with E-state index < -0.39 is 26.1 Å². The van der Waals surface area contributed by atoms with Crippen molar-refractivity contribution in [3.63, 3.8) is 0 Å². The standard InChI is InChI=1S/C14H9ClFN3O3S2/c1-23-14-17-6-7-4-11(13(20)18-12(7)19-14)24(21,22)8-2-3-10(16)9(15)5-8/h2-6H,1H3,(H,17,18,19,20). The molecule has 3 rings (SSSR count). The molecule has 0 fully saturated rings. The van der Waals surface area contributed by atoms with E-state index >= 15 is 0 Å². The maximum atomic E-state index is 13.2. The van der Waals surface area contributed by atoms with Crippen LogP contribution in [0.15, 0.2) is 50.2 Å². The highest BCUT2D eigenvalue weighted by atomic mass is 35.5. The first kappa shape index (κ1) is 16.9. The maximum Gasteiger partial charge on any atom is 0.268 e. The summed E-state index contributed by atoms with van der Waals surface area (Å²) in [5, 5.41) is 0.458. The van der Waals surface area contributed by atoms with Crippen LogP contribution >= 0.6 is 23.4 Å². The molecule has 1 N–H and O–H groups in total. The average Bonchev–Trinajstić information content (AvgIpc) is 2.55. The van der Waals surface area contributed by atoms with Crippen LogP contribution in [0.4, 0.5) is 4.39 Å². The summed E-state index contributed by atoms with van der Waals surface area (Å²) in [6.45, 7) is 0.